The molecule has 0 saturated carbocycles. The van der Waals surface area contributed by atoms with Gasteiger partial charge in [0.1, 0.15) is 0 Å². The van der Waals surface area contributed by atoms with E-state index in [-0.39, 0.29) is 12.4 Å². The Hall–Kier alpha value is -1.90. The number of rotatable bonds is 3. The number of hydrogen-bond donors (Lipinski definition) is 0. The Morgan fingerprint density at radius 3 is 2.30 bits per heavy atom. The largest absolute Gasteiger partial charge is 0.352 e. The predicted molar refractivity (Wildman–Crippen MR) is 80.1 cm³/mol. The molecule has 0 aromatic heterocycles. The van der Waals surface area contributed by atoms with E-state index in [2.05, 4.69) is 30.3 Å². The molecule has 0 aliphatic carbocycles. The molecule has 0 spiro atoms. The van der Waals surface area contributed by atoms with Crippen molar-refractivity contribution in [3.63, 3.8) is 0 Å². The maximum Gasteiger partial charge on any atom is 0.180 e. The first kappa shape index (κ1) is 13.1. The van der Waals surface area contributed by atoms with Crippen LogP contribution in [-0.4, -0.2) is 13.4 Å². The fourth-order valence-electron chi connectivity index (χ4n) is 2.56. The van der Waals surface area contributed by atoms with Crippen molar-refractivity contribution in [3.8, 4) is 0 Å². The Bertz CT molecular complexity index is 575. The van der Waals surface area contributed by atoms with Crippen LogP contribution in [0.25, 0.3) is 6.08 Å². The van der Waals surface area contributed by atoms with Gasteiger partial charge < -0.3 is 9.47 Å². The van der Waals surface area contributed by atoms with Gasteiger partial charge in [-0.15, -0.1) is 0 Å². The van der Waals surface area contributed by atoms with Crippen molar-refractivity contribution in [3.05, 3.63) is 77.4 Å². The molecule has 2 aromatic carbocycles. The minimum Gasteiger partial charge on any atom is -0.352 e. The Balaban J connectivity index is 1.84. The highest BCUT2D eigenvalue weighted by atomic mass is 16.7. The van der Waals surface area contributed by atoms with E-state index in [4.69, 9.17) is 9.47 Å². The molecule has 102 valence electrons. The van der Waals surface area contributed by atoms with E-state index in [0.29, 0.717) is 0 Å². The van der Waals surface area contributed by atoms with Gasteiger partial charge in [0.2, 0.25) is 0 Å². The molecule has 0 radical (unpaired) electrons. The third kappa shape index (κ3) is 2.82. The quantitative estimate of drug-likeness (QED) is 0.828. The lowest BCUT2D eigenvalue weighted by atomic mass is 10.0. The predicted octanol–water partition coefficient (Wildman–Crippen LogP) is 4.20. The second-order valence-corrected chi connectivity index (χ2v) is 4.94. The molecule has 20 heavy (non-hydrogen) atoms. The zero-order valence-electron chi connectivity index (χ0n) is 11.5. The fraction of sp³-hybridized carbons (Fsp3) is 0.222. The highest BCUT2D eigenvalue weighted by Crippen LogP contribution is 2.37. The van der Waals surface area contributed by atoms with Gasteiger partial charge in [0.15, 0.2) is 6.29 Å². The molecule has 2 nitrogen and oxygen atoms in total. The summed E-state index contributed by atoms with van der Waals surface area (Å²) in [5, 5.41) is 0. The van der Waals surface area contributed by atoms with Crippen LogP contribution in [0.5, 0.6) is 0 Å². The molecular weight excluding hydrogens is 248 g/mol. The van der Waals surface area contributed by atoms with Crippen molar-refractivity contribution in [2.45, 2.75) is 18.8 Å². The first-order valence-corrected chi connectivity index (χ1v) is 6.85. The van der Waals surface area contributed by atoms with Crippen LogP contribution < -0.4 is 0 Å². The summed E-state index contributed by atoms with van der Waals surface area (Å²) in [6.07, 6.45) is 2.87. The molecule has 1 saturated heterocycles. The van der Waals surface area contributed by atoms with Gasteiger partial charge >= 0.3 is 0 Å². The molecule has 1 heterocycles. The first-order chi connectivity index (χ1) is 9.86. The van der Waals surface area contributed by atoms with Gasteiger partial charge in [-0.05, 0) is 16.7 Å². The van der Waals surface area contributed by atoms with Crippen LogP contribution in [0.1, 0.15) is 23.7 Å². The van der Waals surface area contributed by atoms with Crippen LogP contribution in [-0.2, 0) is 9.47 Å². The minimum absolute atomic E-state index is 0.0797. The van der Waals surface area contributed by atoms with Crippen LogP contribution in [0.4, 0.5) is 0 Å². The molecule has 2 heteroatoms. The van der Waals surface area contributed by atoms with E-state index in [1.807, 2.05) is 36.4 Å². The van der Waals surface area contributed by atoms with E-state index in [9.17, 15) is 0 Å². The van der Waals surface area contributed by atoms with Gasteiger partial charge in [-0.3, -0.25) is 0 Å². The lowest BCUT2D eigenvalue weighted by Crippen LogP contribution is -2.10. The first-order valence-electron chi connectivity index (χ1n) is 6.85. The monoisotopic (exact) mass is 266 g/mol. The number of benzene rings is 2. The summed E-state index contributed by atoms with van der Waals surface area (Å²) in [7, 11) is 1.69. The van der Waals surface area contributed by atoms with Gasteiger partial charge in [0.05, 0.1) is 6.10 Å². The lowest BCUT2D eigenvalue weighted by molar-refractivity contribution is -0.100. The summed E-state index contributed by atoms with van der Waals surface area (Å²) in [6.45, 7) is 0. The fourth-order valence-corrected chi connectivity index (χ4v) is 2.56. The van der Waals surface area contributed by atoms with Gasteiger partial charge in [-0.25, -0.2) is 0 Å². The van der Waals surface area contributed by atoms with E-state index in [1.54, 1.807) is 7.11 Å². The normalized spacial score (nSPS) is 24.1. The average Bonchev–Trinajstić information content (AvgIpc) is 2.92. The van der Waals surface area contributed by atoms with Gasteiger partial charge in [-0.2, -0.15) is 0 Å². The highest BCUT2D eigenvalue weighted by Gasteiger charge is 2.30. The molecule has 3 rings (SSSR count). The Morgan fingerprint density at radius 1 is 1.00 bits per heavy atom. The van der Waals surface area contributed by atoms with E-state index in [1.165, 1.54) is 16.7 Å². The Labute approximate surface area is 119 Å². The highest BCUT2D eigenvalue weighted by molar-refractivity contribution is 5.54. The number of hydrogen-bond acceptors (Lipinski definition) is 2. The van der Waals surface area contributed by atoms with E-state index < -0.39 is 0 Å². The minimum atomic E-state index is -0.250. The molecule has 2 unspecified atom stereocenters. The maximum absolute atomic E-state index is 5.99. The van der Waals surface area contributed by atoms with Crippen molar-refractivity contribution in [1.29, 1.82) is 0 Å². The van der Waals surface area contributed by atoms with Crippen LogP contribution in [0.3, 0.4) is 0 Å². The molecule has 0 N–H and O–H groups in total. The topological polar surface area (TPSA) is 18.5 Å². The summed E-state index contributed by atoms with van der Waals surface area (Å²) in [5.41, 5.74) is 3.57. The molecule has 1 aliphatic rings. The van der Waals surface area contributed by atoms with Crippen LogP contribution >= 0.6 is 0 Å². The van der Waals surface area contributed by atoms with E-state index in [0.717, 1.165) is 6.42 Å². The van der Waals surface area contributed by atoms with Crippen molar-refractivity contribution in [1.82, 2.24) is 0 Å². The zero-order valence-corrected chi connectivity index (χ0v) is 11.5. The van der Waals surface area contributed by atoms with Crippen molar-refractivity contribution >= 4 is 6.08 Å². The van der Waals surface area contributed by atoms with Gasteiger partial charge in [0.25, 0.3) is 0 Å². The second-order valence-electron chi connectivity index (χ2n) is 4.94. The van der Waals surface area contributed by atoms with Crippen molar-refractivity contribution in [2.75, 3.05) is 7.11 Å². The van der Waals surface area contributed by atoms with E-state index >= 15 is 0 Å². The average molecular weight is 266 g/mol. The third-order valence-electron chi connectivity index (χ3n) is 3.55. The molecule has 2 aromatic rings. The number of ether oxygens (including phenoxy) is 2. The number of methoxy groups -OCH3 is 1. The van der Waals surface area contributed by atoms with Crippen molar-refractivity contribution in [2.24, 2.45) is 0 Å². The Morgan fingerprint density at radius 2 is 1.65 bits per heavy atom. The molecular formula is C18H18O2. The summed E-state index contributed by atoms with van der Waals surface area (Å²) in [5.74, 6) is 0. The molecule has 0 amide bonds. The summed E-state index contributed by atoms with van der Waals surface area (Å²) < 4.78 is 11.4. The third-order valence-corrected chi connectivity index (χ3v) is 3.55. The van der Waals surface area contributed by atoms with Crippen LogP contribution in [0.15, 0.2) is 66.2 Å². The maximum atomic E-state index is 5.99. The SMILES string of the molecule is COC1OC(c2ccccc2)C/C1=C/c1ccccc1. The molecule has 1 fully saturated rings. The lowest BCUT2D eigenvalue weighted by Gasteiger charge is -2.12. The van der Waals surface area contributed by atoms with Crippen LogP contribution in [0.2, 0.25) is 0 Å². The smallest absolute Gasteiger partial charge is 0.180 e. The summed E-state index contributed by atoms with van der Waals surface area (Å²) >= 11 is 0. The Kier molecular flexibility index (Phi) is 3.95. The van der Waals surface area contributed by atoms with Crippen molar-refractivity contribution < 1.29 is 9.47 Å². The summed E-state index contributed by atoms with van der Waals surface area (Å²) in [6, 6.07) is 20.6. The van der Waals surface area contributed by atoms with Gasteiger partial charge in [0, 0.05) is 13.5 Å². The zero-order chi connectivity index (χ0) is 13.8. The molecule has 0 bridgehead atoms. The summed E-state index contributed by atoms with van der Waals surface area (Å²) in [4.78, 5) is 0. The molecule has 1 aliphatic heterocycles. The van der Waals surface area contributed by atoms with Crippen LogP contribution in [0, 0.1) is 0 Å². The molecule has 2 atom stereocenters. The van der Waals surface area contributed by atoms with Gasteiger partial charge in [-0.1, -0.05) is 66.7 Å². The standard InChI is InChI=1S/C18H18O2/c1-19-18-16(12-14-8-4-2-5-9-14)13-17(20-18)15-10-6-3-7-11-15/h2-12,17-18H,13H2,1H3/b16-12-. The second kappa shape index (κ2) is 6.04.